The van der Waals surface area contributed by atoms with Gasteiger partial charge in [-0.1, -0.05) is 42.5 Å². The molecule has 7 nitrogen and oxygen atoms in total. The molecule has 1 aliphatic rings. The summed E-state index contributed by atoms with van der Waals surface area (Å²) in [5.41, 5.74) is 0.550. The molecule has 0 atom stereocenters. The van der Waals surface area contributed by atoms with Crippen LogP contribution in [0.1, 0.15) is 5.56 Å². The highest BCUT2D eigenvalue weighted by molar-refractivity contribution is 8.18. The Labute approximate surface area is 176 Å². The van der Waals surface area contributed by atoms with E-state index in [4.69, 9.17) is 8.92 Å². The van der Waals surface area contributed by atoms with Crippen molar-refractivity contribution < 1.29 is 26.9 Å². The molecule has 0 radical (unpaired) electrons. The Hall–Kier alpha value is -3.30. The lowest BCUT2D eigenvalue weighted by Crippen LogP contribution is -2.17. The lowest BCUT2D eigenvalue weighted by Gasteiger charge is -2.13. The van der Waals surface area contributed by atoms with E-state index in [9.17, 15) is 18.0 Å². The van der Waals surface area contributed by atoms with E-state index in [0.29, 0.717) is 10.9 Å². The molecule has 3 aromatic rings. The van der Waals surface area contributed by atoms with Gasteiger partial charge >= 0.3 is 10.1 Å². The molecule has 9 heteroatoms. The summed E-state index contributed by atoms with van der Waals surface area (Å²) in [4.78, 5) is 23.3. The molecule has 0 unspecified atom stereocenters. The number of amides is 2. The molecule has 1 heterocycles. The number of benzene rings is 3. The number of rotatable bonds is 5. The van der Waals surface area contributed by atoms with Crippen LogP contribution in [0.4, 0.5) is 4.79 Å². The number of nitrogens with one attached hydrogen (secondary N) is 1. The van der Waals surface area contributed by atoms with Crippen molar-refractivity contribution in [2.75, 3.05) is 7.11 Å². The van der Waals surface area contributed by atoms with Gasteiger partial charge in [-0.25, -0.2) is 0 Å². The Morgan fingerprint density at radius 1 is 0.967 bits per heavy atom. The van der Waals surface area contributed by atoms with Gasteiger partial charge in [0.1, 0.15) is 4.90 Å². The number of methoxy groups -OCH3 is 1. The fourth-order valence-corrected chi connectivity index (χ4v) is 4.84. The fraction of sp³-hybridized carbons (Fsp3) is 0.0476. The van der Waals surface area contributed by atoms with E-state index in [1.54, 1.807) is 24.3 Å². The number of ether oxygens (including phenoxy) is 1. The fourth-order valence-electron chi connectivity index (χ4n) is 2.99. The van der Waals surface area contributed by atoms with Gasteiger partial charge in [-0.2, -0.15) is 8.42 Å². The molecule has 0 spiro atoms. The quantitative estimate of drug-likeness (QED) is 0.473. The molecule has 1 N–H and O–H groups in total. The first-order valence-electron chi connectivity index (χ1n) is 8.72. The number of thioether (sulfide) groups is 1. The zero-order chi connectivity index (χ0) is 21.3. The van der Waals surface area contributed by atoms with Crippen molar-refractivity contribution in [3.8, 4) is 11.5 Å². The van der Waals surface area contributed by atoms with Crippen molar-refractivity contribution in [2.45, 2.75) is 4.90 Å². The van der Waals surface area contributed by atoms with Crippen LogP contribution in [0.5, 0.6) is 11.5 Å². The van der Waals surface area contributed by atoms with E-state index in [-0.39, 0.29) is 21.3 Å². The predicted molar refractivity (Wildman–Crippen MR) is 114 cm³/mol. The molecule has 1 saturated heterocycles. The minimum Gasteiger partial charge on any atom is -0.493 e. The third kappa shape index (κ3) is 3.89. The molecule has 2 amide bonds. The molecular weight excluding hydrogens is 426 g/mol. The van der Waals surface area contributed by atoms with E-state index in [2.05, 4.69) is 5.32 Å². The smallest absolute Gasteiger partial charge is 0.339 e. The highest BCUT2D eigenvalue weighted by Crippen LogP contribution is 2.34. The third-order valence-corrected chi connectivity index (χ3v) is 6.45. The van der Waals surface area contributed by atoms with Gasteiger partial charge in [-0.3, -0.25) is 14.9 Å². The average Bonchev–Trinajstić information content (AvgIpc) is 3.05. The van der Waals surface area contributed by atoms with Crippen LogP contribution < -0.4 is 14.2 Å². The van der Waals surface area contributed by atoms with Gasteiger partial charge in [0.15, 0.2) is 11.5 Å². The van der Waals surface area contributed by atoms with Crippen LogP contribution >= 0.6 is 11.8 Å². The zero-order valence-electron chi connectivity index (χ0n) is 15.6. The van der Waals surface area contributed by atoms with Gasteiger partial charge in [-0.05, 0) is 47.0 Å². The van der Waals surface area contributed by atoms with Gasteiger partial charge in [-0.15, -0.1) is 0 Å². The SMILES string of the molecule is COc1cc(/C=C2\SC(=O)NC2=O)ccc1OS(=O)(=O)c1cccc2ccccc12. The highest BCUT2D eigenvalue weighted by atomic mass is 32.2. The maximum absolute atomic E-state index is 12.9. The lowest BCUT2D eigenvalue weighted by molar-refractivity contribution is -0.115. The summed E-state index contributed by atoms with van der Waals surface area (Å²) in [7, 11) is -2.75. The lowest BCUT2D eigenvalue weighted by atomic mass is 10.1. The molecule has 30 heavy (non-hydrogen) atoms. The average molecular weight is 441 g/mol. The maximum Gasteiger partial charge on any atom is 0.339 e. The molecule has 152 valence electrons. The molecule has 0 bridgehead atoms. The van der Waals surface area contributed by atoms with Crippen LogP contribution in [0.2, 0.25) is 0 Å². The van der Waals surface area contributed by atoms with E-state index in [0.717, 1.165) is 17.1 Å². The first-order chi connectivity index (χ1) is 14.4. The van der Waals surface area contributed by atoms with Crippen LogP contribution in [0.25, 0.3) is 16.8 Å². The monoisotopic (exact) mass is 441 g/mol. The maximum atomic E-state index is 12.9. The van der Waals surface area contributed by atoms with E-state index in [1.165, 1.54) is 31.4 Å². The van der Waals surface area contributed by atoms with Crippen molar-refractivity contribution >= 4 is 49.9 Å². The van der Waals surface area contributed by atoms with Crippen molar-refractivity contribution in [1.29, 1.82) is 0 Å². The van der Waals surface area contributed by atoms with Crippen LogP contribution in [0, 0.1) is 0 Å². The summed E-state index contributed by atoms with van der Waals surface area (Å²) < 4.78 is 36.5. The van der Waals surface area contributed by atoms with Crippen LogP contribution in [-0.4, -0.2) is 26.7 Å². The van der Waals surface area contributed by atoms with E-state index >= 15 is 0 Å². The second kappa shape index (κ2) is 7.85. The molecule has 4 rings (SSSR count). The van der Waals surface area contributed by atoms with Gasteiger partial charge < -0.3 is 8.92 Å². The standard InChI is InChI=1S/C21H15NO6S2/c1-27-17-11-13(12-18-20(23)22-21(24)29-18)9-10-16(17)28-30(25,26)19-8-4-6-14-5-2-3-7-15(14)19/h2-12H,1H3,(H,22,23,24)/b18-12-. The number of fused-ring (bicyclic) bond motifs is 1. The summed E-state index contributed by atoms with van der Waals surface area (Å²) in [6.07, 6.45) is 1.51. The normalized spacial score (nSPS) is 15.4. The summed E-state index contributed by atoms with van der Waals surface area (Å²) in [6, 6.07) is 16.6. The molecular formula is C21H15NO6S2. The molecule has 0 aliphatic carbocycles. The molecule has 1 fully saturated rings. The summed E-state index contributed by atoms with van der Waals surface area (Å²) >= 11 is 0.788. The Balaban J connectivity index is 1.68. The van der Waals surface area contributed by atoms with Gasteiger partial charge in [0.25, 0.3) is 11.1 Å². The van der Waals surface area contributed by atoms with Gasteiger partial charge in [0.05, 0.1) is 12.0 Å². The molecule has 3 aromatic carbocycles. The van der Waals surface area contributed by atoms with Crippen molar-refractivity contribution in [3.63, 3.8) is 0 Å². The Bertz CT molecular complexity index is 1310. The number of carbonyl (C=O) groups is 2. The number of hydrogen-bond acceptors (Lipinski definition) is 7. The summed E-state index contributed by atoms with van der Waals surface area (Å²) in [6.45, 7) is 0. The molecule has 1 aliphatic heterocycles. The minimum atomic E-state index is -4.13. The molecule has 0 aromatic heterocycles. The summed E-state index contributed by atoms with van der Waals surface area (Å²) in [5, 5.41) is 3.05. The number of carbonyl (C=O) groups excluding carboxylic acids is 2. The molecule has 0 saturated carbocycles. The first kappa shape index (κ1) is 20.0. The number of imide groups is 1. The number of hydrogen-bond donors (Lipinski definition) is 1. The van der Waals surface area contributed by atoms with Gasteiger partial charge in [0, 0.05) is 5.39 Å². The predicted octanol–water partition coefficient (Wildman–Crippen LogP) is 3.94. The Morgan fingerprint density at radius 3 is 2.47 bits per heavy atom. The second-order valence-electron chi connectivity index (χ2n) is 6.28. The third-order valence-electron chi connectivity index (χ3n) is 4.35. The van der Waals surface area contributed by atoms with E-state index < -0.39 is 21.3 Å². The minimum absolute atomic E-state index is 0.00665. The van der Waals surface area contributed by atoms with Crippen molar-refractivity contribution in [2.24, 2.45) is 0 Å². The van der Waals surface area contributed by atoms with Crippen LogP contribution in [0.3, 0.4) is 0 Å². The largest absolute Gasteiger partial charge is 0.493 e. The van der Waals surface area contributed by atoms with Crippen LogP contribution in [0.15, 0.2) is 70.5 Å². The van der Waals surface area contributed by atoms with Crippen molar-refractivity contribution in [3.05, 3.63) is 71.1 Å². The topological polar surface area (TPSA) is 98.8 Å². The first-order valence-corrected chi connectivity index (χ1v) is 10.9. The Kier molecular flexibility index (Phi) is 5.23. The van der Waals surface area contributed by atoms with E-state index in [1.807, 2.05) is 18.2 Å². The zero-order valence-corrected chi connectivity index (χ0v) is 17.2. The highest BCUT2D eigenvalue weighted by Gasteiger charge is 2.25. The Morgan fingerprint density at radius 2 is 1.73 bits per heavy atom. The summed E-state index contributed by atoms with van der Waals surface area (Å²) in [5.74, 6) is -0.307. The van der Waals surface area contributed by atoms with Gasteiger partial charge in [0.2, 0.25) is 0 Å². The van der Waals surface area contributed by atoms with Crippen LogP contribution in [-0.2, 0) is 14.9 Å². The second-order valence-corrected chi connectivity index (χ2v) is 8.81. The van der Waals surface area contributed by atoms with Crippen molar-refractivity contribution in [1.82, 2.24) is 5.32 Å².